The summed E-state index contributed by atoms with van der Waals surface area (Å²) >= 11 is 16.9. The van der Waals surface area contributed by atoms with E-state index in [0.717, 1.165) is 24.8 Å². The Labute approximate surface area is 93.7 Å². The molecule has 13 heavy (non-hydrogen) atoms. The standard InChI is InChI=1S/C9H13Cl3O/c1-6-4-2-3-5-7(6)8(13)9(10,11)12/h8,13H,2-5H2,1H3. The summed E-state index contributed by atoms with van der Waals surface area (Å²) < 4.78 is -1.59. The zero-order valence-electron chi connectivity index (χ0n) is 7.49. The Balaban J connectivity index is 2.81. The van der Waals surface area contributed by atoms with Crippen LogP contribution in [-0.2, 0) is 0 Å². The number of hydrogen-bond donors (Lipinski definition) is 1. The fourth-order valence-electron chi connectivity index (χ4n) is 1.65. The van der Waals surface area contributed by atoms with E-state index in [1.165, 1.54) is 12.0 Å². The molecular formula is C9H13Cl3O. The molecule has 1 unspecified atom stereocenters. The Morgan fingerprint density at radius 2 is 1.77 bits per heavy atom. The van der Waals surface area contributed by atoms with E-state index in [0.29, 0.717) is 0 Å². The number of halogens is 3. The molecule has 0 bridgehead atoms. The van der Waals surface area contributed by atoms with Crippen molar-refractivity contribution in [2.45, 2.75) is 42.5 Å². The molecule has 1 rings (SSSR count). The highest BCUT2D eigenvalue weighted by molar-refractivity contribution is 6.68. The molecule has 0 saturated carbocycles. The van der Waals surface area contributed by atoms with Crippen LogP contribution in [0.5, 0.6) is 0 Å². The van der Waals surface area contributed by atoms with E-state index in [9.17, 15) is 5.11 Å². The van der Waals surface area contributed by atoms with Crippen LogP contribution in [0.1, 0.15) is 32.6 Å². The van der Waals surface area contributed by atoms with Crippen LogP contribution in [0, 0.1) is 0 Å². The average molecular weight is 244 g/mol. The van der Waals surface area contributed by atoms with E-state index < -0.39 is 9.90 Å². The Hall–Kier alpha value is 0.570. The molecule has 0 spiro atoms. The molecule has 76 valence electrons. The van der Waals surface area contributed by atoms with E-state index in [1.54, 1.807) is 0 Å². The van der Waals surface area contributed by atoms with Gasteiger partial charge in [-0.25, -0.2) is 0 Å². The summed E-state index contributed by atoms with van der Waals surface area (Å²) in [4.78, 5) is 0. The van der Waals surface area contributed by atoms with Gasteiger partial charge in [-0.3, -0.25) is 0 Å². The SMILES string of the molecule is CC1=C(C(O)C(Cl)(Cl)Cl)CCCC1. The average Bonchev–Trinajstić information content (AvgIpc) is 2.02. The van der Waals surface area contributed by atoms with Crippen LogP contribution in [0.15, 0.2) is 11.1 Å². The Bertz CT molecular complexity index is 217. The van der Waals surface area contributed by atoms with Crippen molar-refractivity contribution in [1.29, 1.82) is 0 Å². The van der Waals surface area contributed by atoms with Crippen LogP contribution in [-0.4, -0.2) is 15.0 Å². The third-order valence-electron chi connectivity index (χ3n) is 2.44. The van der Waals surface area contributed by atoms with Crippen LogP contribution >= 0.6 is 34.8 Å². The molecule has 0 radical (unpaired) electrons. The lowest BCUT2D eigenvalue weighted by atomic mass is 9.90. The highest BCUT2D eigenvalue weighted by atomic mass is 35.6. The highest BCUT2D eigenvalue weighted by Gasteiger charge is 2.34. The third-order valence-corrected chi connectivity index (χ3v) is 3.06. The lowest BCUT2D eigenvalue weighted by molar-refractivity contribution is 0.206. The maximum Gasteiger partial charge on any atom is 0.219 e. The summed E-state index contributed by atoms with van der Waals surface area (Å²) in [5.41, 5.74) is 2.08. The molecule has 0 aromatic heterocycles. The monoisotopic (exact) mass is 242 g/mol. The lowest BCUT2D eigenvalue weighted by Gasteiger charge is -2.26. The summed E-state index contributed by atoms with van der Waals surface area (Å²) in [5.74, 6) is 0. The second-order valence-electron chi connectivity index (χ2n) is 3.46. The topological polar surface area (TPSA) is 20.2 Å². The number of hydrogen-bond acceptors (Lipinski definition) is 1. The number of aliphatic hydroxyl groups is 1. The van der Waals surface area contributed by atoms with Gasteiger partial charge in [0, 0.05) is 0 Å². The minimum absolute atomic E-state index is 0.848. The van der Waals surface area contributed by atoms with Gasteiger partial charge in [0.15, 0.2) is 0 Å². The molecule has 0 saturated heterocycles. The third kappa shape index (κ3) is 3.02. The molecule has 1 atom stereocenters. The van der Waals surface area contributed by atoms with E-state index in [-0.39, 0.29) is 0 Å². The molecule has 0 aliphatic heterocycles. The summed E-state index contributed by atoms with van der Waals surface area (Å²) in [7, 11) is 0. The number of rotatable bonds is 1. The lowest BCUT2D eigenvalue weighted by Crippen LogP contribution is -2.29. The summed E-state index contributed by atoms with van der Waals surface area (Å²) in [5, 5.41) is 9.73. The minimum atomic E-state index is -1.59. The van der Waals surface area contributed by atoms with E-state index in [2.05, 4.69) is 0 Å². The number of aliphatic hydroxyl groups excluding tert-OH is 1. The van der Waals surface area contributed by atoms with Crippen molar-refractivity contribution >= 4 is 34.8 Å². The van der Waals surface area contributed by atoms with Crippen molar-refractivity contribution in [3.63, 3.8) is 0 Å². The highest BCUT2D eigenvalue weighted by Crippen LogP contribution is 2.38. The van der Waals surface area contributed by atoms with E-state index in [1.807, 2.05) is 6.92 Å². The minimum Gasteiger partial charge on any atom is -0.384 e. The van der Waals surface area contributed by atoms with Gasteiger partial charge in [-0.15, -0.1) is 0 Å². The van der Waals surface area contributed by atoms with Crippen molar-refractivity contribution in [2.75, 3.05) is 0 Å². The van der Waals surface area contributed by atoms with Crippen LogP contribution < -0.4 is 0 Å². The van der Waals surface area contributed by atoms with Gasteiger partial charge in [0.2, 0.25) is 3.79 Å². The Morgan fingerprint density at radius 1 is 1.23 bits per heavy atom. The summed E-state index contributed by atoms with van der Waals surface area (Å²) in [6, 6.07) is 0. The van der Waals surface area contributed by atoms with Crippen LogP contribution in [0.3, 0.4) is 0 Å². The molecule has 0 heterocycles. The van der Waals surface area contributed by atoms with Gasteiger partial charge in [0.25, 0.3) is 0 Å². The van der Waals surface area contributed by atoms with Gasteiger partial charge in [0.05, 0.1) is 0 Å². The largest absolute Gasteiger partial charge is 0.384 e. The molecule has 0 aromatic carbocycles. The predicted octanol–water partition coefficient (Wildman–Crippen LogP) is 3.61. The van der Waals surface area contributed by atoms with Gasteiger partial charge in [0.1, 0.15) is 6.10 Å². The molecule has 4 heteroatoms. The van der Waals surface area contributed by atoms with Crippen LogP contribution in [0.25, 0.3) is 0 Å². The van der Waals surface area contributed by atoms with Crippen molar-refractivity contribution in [2.24, 2.45) is 0 Å². The molecule has 1 N–H and O–H groups in total. The normalized spacial score (nSPS) is 21.9. The molecule has 1 aliphatic rings. The van der Waals surface area contributed by atoms with Crippen molar-refractivity contribution in [3.8, 4) is 0 Å². The van der Waals surface area contributed by atoms with Gasteiger partial charge >= 0.3 is 0 Å². The number of allylic oxidation sites excluding steroid dienone is 1. The quantitative estimate of drug-likeness (QED) is 0.551. The van der Waals surface area contributed by atoms with Crippen molar-refractivity contribution < 1.29 is 5.11 Å². The summed E-state index contributed by atoms with van der Waals surface area (Å²) in [6.07, 6.45) is 3.15. The first-order valence-corrected chi connectivity index (χ1v) is 5.49. The zero-order valence-corrected chi connectivity index (χ0v) is 9.75. The Kier molecular flexibility index (Phi) is 3.94. The van der Waals surface area contributed by atoms with Crippen LogP contribution in [0.4, 0.5) is 0 Å². The van der Waals surface area contributed by atoms with Crippen molar-refractivity contribution in [1.82, 2.24) is 0 Å². The van der Waals surface area contributed by atoms with E-state index >= 15 is 0 Å². The fraction of sp³-hybridized carbons (Fsp3) is 0.778. The smallest absolute Gasteiger partial charge is 0.219 e. The van der Waals surface area contributed by atoms with Crippen molar-refractivity contribution in [3.05, 3.63) is 11.1 Å². The van der Waals surface area contributed by atoms with Gasteiger partial charge in [-0.2, -0.15) is 0 Å². The molecule has 1 nitrogen and oxygen atoms in total. The van der Waals surface area contributed by atoms with Gasteiger partial charge in [-0.05, 0) is 38.2 Å². The van der Waals surface area contributed by atoms with Gasteiger partial charge < -0.3 is 5.11 Å². The van der Waals surface area contributed by atoms with E-state index in [4.69, 9.17) is 34.8 Å². The summed E-state index contributed by atoms with van der Waals surface area (Å²) in [6.45, 7) is 1.99. The van der Waals surface area contributed by atoms with Gasteiger partial charge in [-0.1, -0.05) is 40.4 Å². The molecule has 0 amide bonds. The second-order valence-corrected chi connectivity index (χ2v) is 5.83. The molecular weight excluding hydrogens is 230 g/mol. The maximum atomic E-state index is 9.73. The molecule has 0 fully saturated rings. The predicted molar refractivity (Wildman–Crippen MR) is 57.5 cm³/mol. The number of alkyl halides is 3. The first-order valence-electron chi connectivity index (χ1n) is 4.36. The molecule has 1 aliphatic carbocycles. The second kappa shape index (κ2) is 4.39. The zero-order chi connectivity index (χ0) is 10.1. The Morgan fingerprint density at radius 3 is 2.23 bits per heavy atom. The fourth-order valence-corrected chi connectivity index (χ4v) is 2.04. The maximum absolute atomic E-state index is 9.73. The van der Waals surface area contributed by atoms with Crippen LogP contribution in [0.2, 0.25) is 0 Å². The first-order chi connectivity index (χ1) is 5.93. The molecule has 0 aromatic rings. The first kappa shape index (κ1) is 11.6.